The number of hydrogen-bond donors (Lipinski definition) is 1. The van der Waals surface area contributed by atoms with Gasteiger partial charge in [-0.1, -0.05) is 29.3 Å². The second-order valence-electron chi connectivity index (χ2n) is 4.80. The number of pyridine rings is 1. The molecule has 0 saturated heterocycles. The van der Waals surface area contributed by atoms with Crippen LogP contribution in [0.15, 0.2) is 55.0 Å². The summed E-state index contributed by atoms with van der Waals surface area (Å²) >= 11 is 11.8. The van der Waals surface area contributed by atoms with Crippen molar-refractivity contribution in [2.75, 3.05) is 5.32 Å². The Labute approximate surface area is 142 Å². The Balaban J connectivity index is 1.77. The lowest BCUT2D eigenvalue weighted by molar-refractivity contribution is -0.115. The van der Waals surface area contributed by atoms with Gasteiger partial charge in [0, 0.05) is 18.6 Å². The van der Waals surface area contributed by atoms with Crippen molar-refractivity contribution in [3.8, 4) is 5.82 Å². The molecule has 2 heterocycles. The Morgan fingerprint density at radius 1 is 1.13 bits per heavy atom. The van der Waals surface area contributed by atoms with Crippen LogP contribution in [-0.4, -0.2) is 20.7 Å². The van der Waals surface area contributed by atoms with Gasteiger partial charge in [0.05, 0.1) is 22.2 Å². The molecule has 1 aromatic carbocycles. The van der Waals surface area contributed by atoms with Crippen molar-refractivity contribution in [2.24, 2.45) is 0 Å². The van der Waals surface area contributed by atoms with Crippen LogP contribution in [0.5, 0.6) is 0 Å². The lowest BCUT2D eigenvalue weighted by Gasteiger charge is -2.10. The lowest BCUT2D eigenvalue weighted by Crippen LogP contribution is -2.16. The summed E-state index contributed by atoms with van der Waals surface area (Å²) in [5.74, 6) is 0.379. The maximum atomic E-state index is 12.3. The van der Waals surface area contributed by atoms with E-state index in [0.29, 0.717) is 21.6 Å². The fraction of sp³-hybridized carbons (Fsp3) is 0.0625. The zero-order valence-corrected chi connectivity index (χ0v) is 13.4. The number of amides is 1. The molecule has 1 N–H and O–H groups in total. The zero-order chi connectivity index (χ0) is 16.2. The molecule has 0 saturated carbocycles. The summed E-state index contributed by atoms with van der Waals surface area (Å²) in [6.07, 6.45) is 5.24. The third-order valence-corrected chi connectivity index (χ3v) is 3.87. The first kappa shape index (κ1) is 15.5. The molecule has 0 atom stereocenters. The van der Waals surface area contributed by atoms with Crippen molar-refractivity contribution in [3.05, 3.63) is 70.6 Å². The Morgan fingerprint density at radius 2 is 2.00 bits per heavy atom. The van der Waals surface area contributed by atoms with E-state index in [1.807, 2.05) is 0 Å². The van der Waals surface area contributed by atoms with Crippen LogP contribution in [0.1, 0.15) is 5.56 Å². The molecule has 116 valence electrons. The summed E-state index contributed by atoms with van der Waals surface area (Å²) in [6.45, 7) is 0. The first-order valence-corrected chi connectivity index (χ1v) is 7.58. The van der Waals surface area contributed by atoms with E-state index in [2.05, 4.69) is 15.4 Å². The van der Waals surface area contributed by atoms with Crippen molar-refractivity contribution in [1.82, 2.24) is 14.8 Å². The molecule has 2 aromatic heterocycles. The number of anilines is 1. The Morgan fingerprint density at radius 3 is 2.74 bits per heavy atom. The average Bonchev–Trinajstić information content (AvgIpc) is 3.06. The van der Waals surface area contributed by atoms with Gasteiger partial charge in [-0.2, -0.15) is 5.10 Å². The van der Waals surface area contributed by atoms with E-state index >= 15 is 0 Å². The minimum Gasteiger partial charge on any atom is -0.323 e. The third-order valence-electron chi connectivity index (χ3n) is 3.13. The quantitative estimate of drug-likeness (QED) is 0.782. The van der Waals surface area contributed by atoms with Crippen molar-refractivity contribution in [2.45, 2.75) is 6.42 Å². The second kappa shape index (κ2) is 6.81. The predicted octanol–water partition coefficient (Wildman–Crippen LogP) is 3.76. The van der Waals surface area contributed by atoms with Gasteiger partial charge in [0.2, 0.25) is 5.91 Å². The molecule has 0 aliphatic heterocycles. The van der Waals surface area contributed by atoms with Gasteiger partial charge in [0.1, 0.15) is 0 Å². The molecule has 0 fully saturated rings. The second-order valence-corrected chi connectivity index (χ2v) is 5.61. The lowest BCUT2D eigenvalue weighted by atomic mass is 10.1. The average molecular weight is 347 g/mol. The molecule has 3 rings (SSSR count). The van der Waals surface area contributed by atoms with Crippen LogP contribution in [0, 0.1) is 0 Å². The molecule has 5 nitrogen and oxygen atoms in total. The molecular formula is C16H12Cl2N4O. The number of rotatable bonds is 4. The molecule has 0 aliphatic rings. The fourth-order valence-corrected chi connectivity index (χ4v) is 2.42. The highest BCUT2D eigenvalue weighted by Crippen LogP contribution is 2.23. The molecule has 0 radical (unpaired) electrons. The molecule has 23 heavy (non-hydrogen) atoms. The maximum absolute atomic E-state index is 12.3. The van der Waals surface area contributed by atoms with Gasteiger partial charge in [-0.15, -0.1) is 0 Å². The standard InChI is InChI=1S/C16H12Cl2N4O/c17-12-5-4-11(9-13(12)18)10-15(23)21-14-3-1-6-19-16(14)22-8-2-7-20-22/h1-9H,10H2,(H,21,23). The number of benzene rings is 1. The molecule has 0 unspecified atom stereocenters. The fourth-order valence-electron chi connectivity index (χ4n) is 2.10. The van der Waals surface area contributed by atoms with E-state index in [1.54, 1.807) is 59.7 Å². The number of nitrogens with one attached hydrogen (secondary N) is 1. The minimum atomic E-state index is -0.176. The zero-order valence-electron chi connectivity index (χ0n) is 11.9. The van der Waals surface area contributed by atoms with Gasteiger partial charge >= 0.3 is 0 Å². The molecule has 1 amide bonds. The van der Waals surface area contributed by atoms with Gasteiger partial charge in [-0.05, 0) is 35.9 Å². The topological polar surface area (TPSA) is 59.8 Å². The molecule has 0 aliphatic carbocycles. The van der Waals surface area contributed by atoms with Crippen LogP contribution in [0.25, 0.3) is 5.82 Å². The van der Waals surface area contributed by atoms with E-state index in [9.17, 15) is 4.79 Å². The van der Waals surface area contributed by atoms with E-state index in [0.717, 1.165) is 5.56 Å². The van der Waals surface area contributed by atoms with Crippen LogP contribution in [-0.2, 0) is 11.2 Å². The number of nitrogens with zero attached hydrogens (tertiary/aromatic N) is 3. The Bertz CT molecular complexity index is 834. The summed E-state index contributed by atoms with van der Waals surface area (Å²) in [4.78, 5) is 16.5. The summed E-state index contributed by atoms with van der Waals surface area (Å²) in [6, 6.07) is 10.4. The Hall–Kier alpha value is -2.37. The van der Waals surface area contributed by atoms with Crippen molar-refractivity contribution in [1.29, 1.82) is 0 Å². The van der Waals surface area contributed by atoms with Gasteiger partial charge < -0.3 is 5.32 Å². The molecule has 0 spiro atoms. The number of carbonyl (C=O) groups is 1. The first-order chi connectivity index (χ1) is 11.1. The predicted molar refractivity (Wildman–Crippen MR) is 90.2 cm³/mol. The maximum Gasteiger partial charge on any atom is 0.228 e. The molecular weight excluding hydrogens is 335 g/mol. The molecule has 3 aromatic rings. The summed E-state index contributed by atoms with van der Waals surface area (Å²) in [7, 11) is 0. The highest BCUT2D eigenvalue weighted by molar-refractivity contribution is 6.42. The number of aromatic nitrogens is 3. The van der Waals surface area contributed by atoms with Crippen LogP contribution in [0.3, 0.4) is 0 Å². The van der Waals surface area contributed by atoms with Crippen LogP contribution >= 0.6 is 23.2 Å². The van der Waals surface area contributed by atoms with Crippen LogP contribution in [0.4, 0.5) is 5.69 Å². The first-order valence-electron chi connectivity index (χ1n) is 6.82. The van der Waals surface area contributed by atoms with Gasteiger partial charge in [0.25, 0.3) is 0 Å². The highest BCUT2D eigenvalue weighted by atomic mass is 35.5. The van der Waals surface area contributed by atoms with Gasteiger partial charge in [0.15, 0.2) is 5.82 Å². The van der Waals surface area contributed by atoms with Gasteiger partial charge in [-0.3, -0.25) is 4.79 Å². The smallest absolute Gasteiger partial charge is 0.228 e. The van der Waals surface area contributed by atoms with E-state index < -0.39 is 0 Å². The number of halogens is 2. The van der Waals surface area contributed by atoms with Gasteiger partial charge in [-0.25, -0.2) is 9.67 Å². The van der Waals surface area contributed by atoms with Crippen LogP contribution < -0.4 is 5.32 Å². The van der Waals surface area contributed by atoms with E-state index in [-0.39, 0.29) is 12.3 Å². The number of hydrogen-bond acceptors (Lipinski definition) is 3. The van der Waals surface area contributed by atoms with E-state index in [4.69, 9.17) is 23.2 Å². The largest absolute Gasteiger partial charge is 0.323 e. The van der Waals surface area contributed by atoms with Crippen molar-refractivity contribution < 1.29 is 4.79 Å². The monoisotopic (exact) mass is 346 g/mol. The highest BCUT2D eigenvalue weighted by Gasteiger charge is 2.11. The van der Waals surface area contributed by atoms with E-state index in [1.165, 1.54) is 0 Å². The third kappa shape index (κ3) is 3.70. The van der Waals surface area contributed by atoms with Crippen molar-refractivity contribution >= 4 is 34.8 Å². The summed E-state index contributed by atoms with van der Waals surface area (Å²) in [5, 5.41) is 7.86. The SMILES string of the molecule is O=C(Cc1ccc(Cl)c(Cl)c1)Nc1cccnc1-n1cccn1. The minimum absolute atomic E-state index is 0.176. The van der Waals surface area contributed by atoms with Crippen LogP contribution in [0.2, 0.25) is 10.0 Å². The summed E-state index contributed by atoms with van der Waals surface area (Å²) in [5.41, 5.74) is 1.36. The molecule has 7 heteroatoms. The molecule has 0 bridgehead atoms. The Kier molecular flexibility index (Phi) is 4.60. The number of carbonyl (C=O) groups excluding carboxylic acids is 1. The van der Waals surface area contributed by atoms with Crippen molar-refractivity contribution in [3.63, 3.8) is 0 Å². The normalized spacial score (nSPS) is 10.5. The summed E-state index contributed by atoms with van der Waals surface area (Å²) < 4.78 is 1.59.